The van der Waals surface area contributed by atoms with Crippen molar-refractivity contribution in [1.82, 2.24) is 0 Å². The second-order valence-corrected chi connectivity index (χ2v) is 3.92. The zero-order chi connectivity index (χ0) is 13.0. The summed E-state index contributed by atoms with van der Waals surface area (Å²) in [6.45, 7) is 1.49. The van der Waals surface area contributed by atoms with E-state index in [0.29, 0.717) is 0 Å². The van der Waals surface area contributed by atoms with Gasteiger partial charge in [-0.2, -0.15) is 0 Å². The van der Waals surface area contributed by atoms with Gasteiger partial charge in [0, 0.05) is 12.6 Å². The monoisotopic (exact) mass is 240 g/mol. The number of hydrogen-bond donors (Lipinski definition) is 1. The maximum absolute atomic E-state index is 11.0. The summed E-state index contributed by atoms with van der Waals surface area (Å²) in [5.41, 5.74) is 2.79. The summed E-state index contributed by atoms with van der Waals surface area (Å²) in [5.74, 6) is 0.682. The van der Waals surface area contributed by atoms with E-state index in [-0.39, 0.29) is 5.91 Å². The quantitative estimate of drug-likeness (QED) is 0.895. The Morgan fingerprint density at radius 1 is 1.22 bits per heavy atom. The van der Waals surface area contributed by atoms with Crippen LogP contribution in [0.1, 0.15) is 6.92 Å². The molecule has 1 radical (unpaired) electrons. The molecule has 1 N–H and O–H groups in total. The molecular formula is C15H14NO2. The summed E-state index contributed by atoms with van der Waals surface area (Å²) in [5, 5.41) is 2.76. The first-order valence-corrected chi connectivity index (χ1v) is 5.62. The van der Waals surface area contributed by atoms with Gasteiger partial charge >= 0.3 is 0 Å². The largest absolute Gasteiger partial charge is 0.497 e. The van der Waals surface area contributed by atoms with Crippen LogP contribution >= 0.6 is 0 Å². The number of nitrogens with one attached hydrogen (secondary N) is 1. The fourth-order valence-electron chi connectivity index (χ4n) is 1.71. The highest BCUT2D eigenvalue weighted by Crippen LogP contribution is 2.25. The van der Waals surface area contributed by atoms with Gasteiger partial charge in [0.15, 0.2) is 0 Å². The Morgan fingerprint density at radius 2 is 2.06 bits per heavy atom. The van der Waals surface area contributed by atoms with Crippen LogP contribution in [0.4, 0.5) is 5.69 Å². The number of anilines is 1. The van der Waals surface area contributed by atoms with E-state index in [0.717, 1.165) is 22.6 Å². The Hall–Kier alpha value is -2.29. The zero-order valence-electron chi connectivity index (χ0n) is 10.4. The van der Waals surface area contributed by atoms with E-state index in [1.54, 1.807) is 13.2 Å². The molecule has 0 spiro atoms. The molecule has 2 rings (SSSR count). The topological polar surface area (TPSA) is 38.3 Å². The highest BCUT2D eigenvalue weighted by Gasteiger charge is 2.02. The third kappa shape index (κ3) is 2.88. The maximum atomic E-state index is 11.0. The van der Waals surface area contributed by atoms with Gasteiger partial charge in [0.05, 0.1) is 7.11 Å². The number of carbonyl (C=O) groups is 1. The van der Waals surface area contributed by atoms with Crippen molar-refractivity contribution < 1.29 is 9.53 Å². The van der Waals surface area contributed by atoms with Gasteiger partial charge in [-0.05, 0) is 47.5 Å². The Morgan fingerprint density at radius 3 is 2.78 bits per heavy atom. The minimum Gasteiger partial charge on any atom is -0.497 e. The molecule has 0 unspecified atom stereocenters. The molecule has 0 fully saturated rings. The fourth-order valence-corrected chi connectivity index (χ4v) is 1.71. The molecule has 18 heavy (non-hydrogen) atoms. The summed E-state index contributed by atoms with van der Waals surface area (Å²) in [6.07, 6.45) is 0. The molecule has 0 atom stereocenters. The van der Waals surface area contributed by atoms with Crippen molar-refractivity contribution in [3.05, 3.63) is 48.5 Å². The van der Waals surface area contributed by atoms with E-state index in [4.69, 9.17) is 4.74 Å². The van der Waals surface area contributed by atoms with E-state index < -0.39 is 0 Å². The molecule has 3 heteroatoms. The normalized spacial score (nSPS) is 9.89. The highest BCUT2D eigenvalue weighted by molar-refractivity contribution is 5.89. The molecule has 0 aliphatic heterocycles. The van der Waals surface area contributed by atoms with E-state index in [2.05, 4.69) is 11.4 Å². The molecule has 91 valence electrons. The zero-order valence-corrected chi connectivity index (χ0v) is 10.4. The summed E-state index contributed by atoms with van der Waals surface area (Å²) in [7, 11) is 1.63. The number of carbonyl (C=O) groups excluding carboxylic acids is 1. The SMILES string of the molecule is COc1c[c]cc(-c2cccc(NC(C)=O)c2)c1. The van der Waals surface area contributed by atoms with Crippen LogP contribution in [0.2, 0.25) is 0 Å². The van der Waals surface area contributed by atoms with Crippen LogP contribution in [0, 0.1) is 6.07 Å². The van der Waals surface area contributed by atoms with Crippen molar-refractivity contribution in [3.63, 3.8) is 0 Å². The fraction of sp³-hybridized carbons (Fsp3) is 0.133. The van der Waals surface area contributed by atoms with Gasteiger partial charge < -0.3 is 10.1 Å². The van der Waals surface area contributed by atoms with Crippen LogP contribution in [0.15, 0.2) is 42.5 Å². The van der Waals surface area contributed by atoms with Gasteiger partial charge in [-0.3, -0.25) is 4.79 Å². The number of hydrogen-bond acceptors (Lipinski definition) is 2. The first-order chi connectivity index (χ1) is 8.69. The van der Waals surface area contributed by atoms with Gasteiger partial charge in [0.1, 0.15) is 5.75 Å². The van der Waals surface area contributed by atoms with Crippen molar-refractivity contribution in [2.45, 2.75) is 6.92 Å². The number of benzene rings is 2. The summed E-state index contributed by atoms with van der Waals surface area (Å²) in [6, 6.07) is 16.3. The average Bonchev–Trinajstić information content (AvgIpc) is 2.38. The first-order valence-electron chi connectivity index (χ1n) is 5.62. The predicted molar refractivity (Wildman–Crippen MR) is 71.6 cm³/mol. The molecule has 1 amide bonds. The summed E-state index contributed by atoms with van der Waals surface area (Å²) < 4.78 is 5.17. The molecule has 2 aromatic carbocycles. The van der Waals surface area contributed by atoms with Crippen LogP contribution < -0.4 is 10.1 Å². The second kappa shape index (κ2) is 5.36. The van der Waals surface area contributed by atoms with Crippen LogP contribution in [0.5, 0.6) is 5.75 Å². The van der Waals surface area contributed by atoms with Gasteiger partial charge in [0.2, 0.25) is 5.91 Å². The Balaban J connectivity index is 2.34. The number of amides is 1. The van der Waals surface area contributed by atoms with Crippen LogP contribution in [0.3, 0.4) is 0 Å². The number of rotatable bonds is 3. The van der Waals surface area contributed by atoms with Gasteiger partial charge in [-0.25, -0.2) is 0 Å². The lowest BCUT2D eigenvalue weighted by molar-refractivity contribution is -0.114. The molecule has 0 aliphatic rings. The third-order valence-electron chi connectivity index (χ3n) is 2.51. The summed E-state index contributed by atoms with van der Waals surface area (Å²) >= 11 is 0. The molecule has 0 saturated carbocycles. The lowest BCUT2D eigenvalue weighted by atomic mass is 10.0. The lowest BCUT2D eigenvalue weighted by Crippen LogP contribution is -2.05. The van der Waals surface area contributed by atoms with Crippen molar-refractivity contribution >= 4 is 11.6 Å². The molecule has 0 bridgehead atoms. The Bertz CT molecular complexity index is 564. The van der Waals surface area contributed by atoms with E-state index in [1.807, 2.05) is 36.4 Å². The molecule has 0 aromatic heterocycles. The van der Waals surface area contributed by atoms with Crippen molar-refractivity contribution in [3.8, 4) is 16.9 Å². The van der Waals surface area contributed by atoms with Gasteiger partial charge in [0.25, 0.3) is 0 Å². The Kier molecular flexibility index (Phi) is 3.63. The van der Waals surface area contributed by atoms with Gasteiger partial charge in [-0.1, -0.05) is 12.1 Å². The summed E-state index contributed by atoms with van der Waals surface area (Å²) in [4.78, 5) is 11.0. The number of ether oxygens (including phenoxy) is 1. The van der Waals surface area contributed by atoms with E-state index in [9.17, 15) is 4.79 Å². The van der Waals surface area contributed by atoms with Crippen molar-refractivity contribution in [1.29, 1.82) is 0 Å². The third-order valence-corrected chi connectivity index (χ3v) is 2.51. The molecule has 0 aliphatic carbocycles. The minimum absolute atomic E-state index is 0.0793. The smallest absolute Gasteiger partial charge is 0.221 e. The second-order valence-electron chi connectivity index (χ2n) is 3.92. The first kappa shape index (κ1) is 12.2. The van der Waals surface area contributed by atoms with Crippen molar-refractivity contribution in [2.24, 2.45) is 0 Å². The highest BCUT2D eigenvalue weighted by atomic mass is 16.5. The van der Waals surface area contributed by atoms with Gasteiger partial charge in [-0.15, -0.1) is 0 Å². The van der Waals surface area contributed by atoms with E-state index >= 15 is 0 Å². The van der Waals surface area contributed by atoms with Crippen LogP contribution in [0.25, 0.3) is 11.1 Å². The standard InChI is InChI=1S/C15H14NO2/c1-11(17)16-14-7-3-5-12(9-14)13-6-4-8-15(10-13)18-2/h3,5-10H,1-2H3,(H,16,17). The van der Waals surface area contributed by atoms with Crippen LogP contribution in [-0.4, -0.2) is 13.0 Å². The number of methoxy groups -OCH3 is 1. The van der Waals surface area contributed by atoms with Crippen molar-refractivity contribution in [2.75, 3.05) is 12.4 Å². The minimum atomic E-state index is -0.0793. The molecular weight excluding hydrogens is 226 g/mol. The molecule has 0 heterocycles. The molecule has 2 aromatic rings. The maximum Gasteiger partial charge on any atom is 0.221 e. The predicted octanol–water partition coefficient (Wildman–Crippen LogP) is 3.12. The van der Waals surface area contributed by atoms with Crippen LogP contribution in [-0.2, 0) is 4.79 Å². The average molecular weight is 240 g/mol. The Labute approximate surface area is 106 Å². The van der Waals surface area contributed by atoms with E-state index in [1.165, 1.54) is 6.92 Å². The lowest BCUT2D eigenvalue weighted by Gasteiger charge is -2.07. The molecule has 0 saturated heterocycles. The molecule has 3 nitrogen and oxygen atoms in total.